The molecular formula is C26H29N3O3S. The molecule has 1 fully saturated rings. The molecule has 0 spiro atoms. The topological polar surface area (TPSA) is 69.7 Å². The second-order valence-electron chi connectivity index (χ2n) is 8.49. The lowest BCUT2D eigenvalue weighted by molar-refractivity contribution is 0.102. The summed E-state index contributed by atoms with van der Waals surface area (Å²) in [6.45, 7) is 6.04. The average molecular weight is 464 g/mol. The van der Waals surface area contributed by atoms with Gasteiger partial charge in [-0.05, 0) is 41.5 Å². The van der Waals surface area contributed by atoms with E-state index in [0.717, 1.165) is 45.5 Å². The molecule has 33 heavy (non-hydrogen) atoms. The molecule has 4 rings (SSSR count). The minimum absolute atomic E-state index is 0.134. The van der Waals surface area contributed by atoms with Crippen molar-refractivity contribution in [2.24, 2.45) is 0 Å². The molecule has 172 valence electrons. The van der Waals surface area contributed by atoms with Crippen molar-refractivity contribution in [3.63, 3.8) is 0 Å². The van der Waals surface area contributed by atoms with Gasteiger partial charge in [-0.15, -0.1) is 0 Å². The van der Waals surface area contributed by atoms with Crippen molar-refractivity contribution in [1.82, 2.24) is 9.80 Å². The van der Waals surface area contributed by atoms with Gasteiger partial charge in [-0.2, -0.15) is 0 Å². The van der Waals surface area contributed by atoms with Gasteiger partial charge in [0.1, 0.15) is 0 Å². The highest BCUT2D eigenvalue weighted by molar-refractivity contribution is 7.90. The van der Waals surface area contributed by atoms with Crippen LogP contribution in [0.1, 0.15) is 21.5 Å². The predicted molar refractivity (Wildman–Crippen MR) is 131 cm³/mol. The molecule has 0 saturated carbocycles. The number of hydrogen-bond acceptors (Lipinski definition) is 5. The Morgan fingerprint density at radius 1 is 0.788 bits per heavy atom. The molecule has 1 aliphatic rings. The number of anilines is 1. The van der Waals surface area contributed by atoms with Gasteiger partial charge in [-0.3, -0.25) is 14.6 Å². The number of sulfone groups is 1. The van der Waals surface area contributed by atoms with Crippen molar-refractivity contribution < 1.29 is 13.2 Å². The maximum Gasteiger partial charge on any atom is 0.255 e. The summed E-state index contributed by atoms with van der Waals surface area (Å²) in [5.41, 5.74) is 3.55. The van der Waals surface area contributed by atoms with E-state index in [0.29, 0.717) is 11.3 Å². The Hall–Kier alpha value is -3.00. The van der Waals surface area contributed by atoms with Crippen LogP contribution >= 0.6 is 0 Å². The first-order chi connectivity index (χ1) is 15.9. The van der Waals surface area contributed by atoms with Crippen LogP contribution in [0.2, 0.25) is 0 Å². The van der Waals surface area contributed by atoms with Crippen LogP contribution in [-0.4, -0.2) is 56.6 Å². The molecule has 1 aliphatic heterocycles. The molecule has 0 bridgehead atoms. The Balaban J connectivity index is 1.28. The third kappa shape index (κ3) is 6.51. The van der Waals surface area contributed by atoms with E-state index in [1.165, 1.54) is 23.3 Å². The molecule has 0 unspecified atom stereocenters. The third-order valence-corrected chi connectivity index (χ3v) is 6.97. The largest absolute Gasteiger partial charge is 0.322 e. The van der Waals surface area contributed by atoms with Crippen molar-refractivity contribution >= 4 is 21.4 Å². The monoisotopic (exact) mass is 463 g/mol. The van der Waals surface area contributed by atoms with Gasteiger partial charge in [-0.1, -0.05) is 48.5 Å². The van der Waals surface area contributed by atoms with Crippen LogP contribution < -0.4 is 5.32 Å². The zero-order chi connectivity index (χ0) is 23.3. The van der Waals surface area contributed by atoms with Gasteiger partial charge in [0, 0.05) is 56.8 Å². The Kier molecular flexibility index (Phi) is 7.23. The van der Waals surface area contributed by atoms with Crippen LogP contribution in [0.5, 0.6) is 0 Å². The predicted octanol–water partition coefficient (Wildman–Crippen LogP) is 3.66. The number of benzene rings is 3. The van der Waals surface area contributed by atoms with E-state index in [9.17, 15) is 13.2 Å². The minimum atomic E-state index is -3.36. The van der Waals surface area contributed by atoms with Gasteiger partial charge in [0.15, 0.2) is 9.84 Å². The number of nitrogens with zero attached hydrogens (tertiary/aromatic N) is 2. The molecule has 3 aromatic carbocycles. The first kappa shape index (κ1) is 23.2. The third-order valence-electron chi connectivity index (χ3n) is 5.86. The first-order valence-electron chi connectivity index (χ1n) is 11.1. The first-order valence-corrected chi connectivity index (χ1v) is 12.9. The van der Waals surface area contributed by atoms with Crippen LogP contribution in [0.4, 0.5) is 5.69 Å². The van der Waals surface area contributed by atoms with Gasteiger partial charge in [0.05, 0.1) is 4.90 Å². The highest BCUT2D eigenvalue weighted by Crippen LogP contribution is 2.17. The summed E-state index contributed by atoms with van der Waals surface area (Å²) in [5, 5.41) is 2.84. The van der Waals surface area contributed by atoms with Crippen LogP contribution in [0.25, 0.3) is 0 Å². The van der Waals surface area contributed by atoms with Crippen molar-refractivity contribution in [3.05, 3.63) is 95.6 Å². The van der Waals surface area contributed by atoms with E-state index < -0.39 is 9.84 Å². The normalized spacial score (nSPS) is 15.3. The van der Waals surface area contributed by atoms with Crippen molar-refractivity contribution in [3.8, 4) is 0 Å². The van der Waals surface area contributed by atoms with Crippen molar-refractivity contribution in [2.75, 3.05) is 37.8 Å². The van der Waals surface area contributed by atoms with E-state index in [4.69, 9.17) is 0 Å². The Bertz CT molecular complexity index is 1190. The fourth-order valence-corrected chi connectivity index (χ4v) is 4.64. The Labute approximate surface area is 195 Å². The van der Waals surface area contributed by atoms with Gasteiger partial charge < -0.3 is 5.32 Å². The zero-order valence-corrected chi connectivity index (χ0v) is 19.6. The molecule has 0 radical (unpaired) electrons. The Morgan fingerprint density at radius 2 is 1.36 bits per heavy atom. The van der Waals surface area contributed by atoms with Gasteiger partial charge >= 0.3 is 0 Å². The summed E-state index contributed by atoms with van der Waals surface area (Å²) < 4.78 is 23.5. The summed E-state index contributed by atoms with van der Waals surface area (Å²) in [5.74, 6) is -0.331. The number of carbonyl (C=O) groups is 1. The van der Waals surface area contributed by atoms with Crippen molar-refractivity contribution in [1.29, 1.82) is 0 Å². The quantitative estimate of drug-likeness (QED) is 0.579. The molecule has 1 saturated heterocycles. The number of hydrogen-bond donors (Lipinski definition) is 1. The summed E-state index contributed by atoms with van der Waals surface area (Å²) >= 11 is 0. The van der Waals surface area contributed by atoms with Gasteiger partial charge in [0.25, 0.3) is 5.91 Å². The summed E-state index contributed by atoms with van der Waals surface area (Å²) in [6, 6.07) is 24.5. The van der Waals surface area contributed by atoms with Gasteiger partial charge in [-0.25, -0.2) is 8.42 Å². The summed E-state index contributed by atoms with van der Waals surface area (Å²) in [7, 11) is -3.36. The maximum absolute atomic E-state index is 12.5. The number of carbonyl (C=O) groups excluding carboxylic acids is 1. The van der Waals surface area contributed by atoms with Crippen LogP contribution in [0, 0.1) is 0 Å². The lowest BCUT2D eigenvalue weighted by Gasteiger charge is -2.34. The second kappa shape index (κ2) is 10.3. The number of piperazine rings is 1. The second-order valence-corrected chi connectivity index (χ2v) is 10.5. The number of amides is 1. The maximum atomic E-state index is 12.5. The standard InChI is InChI=1S/C26H29N3O3S/c1-33(31,32)25-9-5-8-23(18-25)26(30)27-24-12-10-22(11-13-24)20-29-16-14-28(15-17-29)19-21-6-3-2-4-7-21/h2-13,18H,14-17,19-20H2,1H3,(H,27,30). The summed E-state index contributed by atoms with van der Waals surface area (Å²) in [6.07, 6.45) is 1.13. The van der Waals surface area contributed by atoms with E-state index >= 15 is 0 Å². The molecule has 0 aromatic heterocycles. The highest BCUT2D eigenvalue weighted by atomic mass is 32.2. The molecule has 0 atom stereocenters. The zero-order valence-electron chi connectivity index (χ0n) is 18.8. The van der Waals surface area contributed by atoms with Crippen LogP contribution in [-0.2, 0) is 22.9 Å². The molecule has 6 nitrogen and oxygen atoms in total. The number of nitrogens with one attached hydrogen (secondary N) is 1. The molecule has 7 heteroatoms. The van der Waals surface area contributed by atoms with Crippen molar-refractivity contribution in [2.45, 2.75) is 18.0 Å². The fraction of sp³-hybridized carbons (Fsp3) is 0.269. The lowest BCUT2D eigenvalue weighted by atomic mass is 10.1. The van der Waals surface area contributed by atoms with E-state index in [1.54, 1.807) is 12.1 Å². The molecule has 3 aromatic rings. The highest BCUT2D eigenvalue weighted by Gasteiger charge is 2.17. The molecular weight excluding hydrogens is 434 g/mol. The molecule has 1 amide bonds. The lowest BCUT2D eigenvalue weighted by Crippen LogP contribution is -2.45. The number of rotatable bonds is 7. The fourth-order valence-electron chi connectivity index (χ4n) is 3.97. The van der Waals surface area contributed by atoms with E-state index in [2.05, 4.69) is 45.4 Å². The molecule has 0 aliphatic carbocycles. The van der Waals surface area contributed by atoms with Crippen LogP contribution in [0.3, 0.4) is 0 Å². The van der Waals surface area contributed by atoms with Gasteiger partial charge in [0.2, 0.25) is 0 Å². The average Bonchev–Trinajstić information content (AvgIpc) is 2.82. The van der Waals surface area contributed by atoms with E-state index in [1.807, 2.05) is 24.3 Å². The summed E-state index contributed by atoms with van der Waals surface area (Å²) in [4.78, 5) is 17.6. The molecule has 1 N–H and O–H groups in total. The molecule has 1 heterocycles. The van der Waals surface area contributed by atoms with E-state index in [-0.39, 0.29) is 10.8 Å². The Morgan fingerprint density at radius 3 is 1.94 bits per heavy atom. The minimum Gasteiger partial charge on any atom is -0.322 e. The smallest absolute Gasteiger partial charge is 0.255 e. The van der Waals surface area contributed by atoms with Crippen LogP contribution in [0.15, 0.2) is 83.8 Å². The SMILES string of the molecule is CS(=O)(=O)c1cccc(C(=O)Nc2ccc(CN3CCN(Cc4ccccc4)CC3)cc2)c1.